The Bertz CT molecular complexity index is 328. The van der Waals surface area contributed by atoms with Gasteiger partial charge in [0.1, 0.15) is 0 Å². The Labute approximate surface area is 110 Å². The molecule has 1 rings (SSSR count). The summed E-state index contributed by atoms with van der Waals surface area (Å²) < 4.78 is 0.0547. The second-order valence-corrected chi connectivity index (χ2v) is 6.44. The third kappa shape index (κ3) is 4.91. The molecule has 1 unspecified atom stereocenters. The first-order valence-electron chi connectivity index (χ1n) is 5.41. The summed E-state index contributed by atoms with van der Waals surface area (Å²) in [6, 6.07) is 0. The maximum Gasteiger partial charge on any atom is 0.309 e. The molecule has 7 heteroatoms. The summed E-state index contributed by atoms with van der Waals surface area (Å²) >= 11 is 6.43. The number of nitrogens with two attached hydrogens (primary N) is 1. The zero-order chi connectivity index (χ0) is 12.9. The Morgan fingerprint density at radius 3 is 2.59 bits per heavy atom. The lowest BCUT2D eigenvalue weighted by Crippen LogP contribution is -2.46. The summed E-state index contributed by atoms with van der Waals surface area (Å²) in [6.07, 6.45) is 2.22. The monoisotopic (exact) mass is 275 g/mol. The number of nitrogens with one attached hydrogen (secondary N) is 2. The van der Waals surface area contributed by atoms with Crippen LogP contribution in [0.5, 0.6) is 0 Å². The van der Waals surface area contributed by atoms with Crippen LogP contribution in [0.1, 0.15) is 19.8 Å². The largest absolute Gasteiger partial charge is 0.392 e. The molecule has 0 aliphatic carbocycles. The molecule has 2 amide bonds. The number of amides is 2. The van der Waals surface area contributed by atoms with E-state index < -0.39 is 11.8 Å². The molecular weight excluding hydrogens is 258 g/mol. The van der Waals surface area contributed by atoms with Crippen molar-refractivity contribution < 1.29 is 9.59 Å². The summed E-state index contributed by atoms with van der Waals surface area (Å²) in [5.41, 5.74) is 5.22. The van der Waals surface area contributed by atoms with Crippen molar-refractivity contribution in [1.82, 2.24) is 10.6 Å². The topological polar surface area (TPSA) is 84.2 Å². The van der Waals surface area contributed by atoms with Gasteiger partial charge in [-0.05, 0) is 25.5 Å². The lowest BCUT2D eigenvalue weighted by atomic mass is 10.1. The van der Waals surface area contributed by atoms with Gasteiger partial charge in [0.2, 0.25) is 0 Å². The molecule has 96 valence electrons. The van der Waals surface area contributed by atoms with Crippen LogP contribution in [-0.2, 0) is 9.59 Å². The SMILES string of the molecule is CC1(CNC(=O)C(=O)NCC(N)=S)CCCS1. The molecule has 0 aromatic carbocycles. The van der Waals surface area contributed by atoms with Crippen LogP contribution in [0.3, 0.4) is 0 Å². The minimum Gasteiger partial charge on any atom is -0.392 e. The Kier molecular flexibility index (Phi) is 5.20. The second kappa shape index (κ2) is 6.20. The van der Waals surface area contributed by atoms with Gasteiger partial charge in [0.25, 0.3) is 0 Å². The van der Waals surface area contributed by atoms with Gasteiger partial charge in [0.15, 0.2) is 0 Å². The standard InChI is InChI=1S/C10H17N3O2S2/c1-10(3-2-4-17-10)6-13-9(15)8(14)12-5-7(11)16/h2-6H2,1H3,(H2,11,16)(H,12,14)(H,13,15). The molecule has 1 aliphatic heterocycles. The number of thioether (sulfide) groups is 1. The number of thiocarbonyl (C=S) groups is 1. The lowest BCUT2D eigenvalue weighted by molar-refractivity contribution is -0.139. The Hall–Kier alpha value is -0.820. The van der Waals surface area contributed by atoms with Crippen molar-refractivity contribution in [3.63, 3.8) is 0 Å². The fourth-order valence-electron chi connectivity index (χ4n) is 1.57. The van der Waals surface area contributed by atoms with Gasteiger partial charge in [-0.25, -0.2) is 0 Å². The van der Waals surface area contributed by atoms with E-state index in [1.54, 1.807) is 0 Å². The summed E-state index contributed by atoms with van der Waals surface area (Å²) in [7, 11) is 0. The molecule has 0 aromatic rings. The van der Waals surface area contributed by atoms with Crippen molar-refractivity contribution in [2.45, 2.75) is 24.5 Å². The van der Waals surface area contributed by atoms with Crippen LogP contribution in [0.15, 0.2) is 0 Å². The molecule has 0 spiro atoms. The number of carbonyl (C=O) groups excluding carboxylic acids is 2. The molecule has 1 atom stereocenters. The molecule has 0 saturated carbocycles. The molecule has 4 N–H and O–H groups in total. The Balaban J connectivity index is 2.28. The van der Waals surface area contributed by atoms with Gasteiger partial charge in [0.05, 0.1) is 11.5 Å². The lowest BCUT2D eigenvalue weighted by Gasteiger charge is -2.22. The van der Waals surface area contributed by atoms with Crippen molar-refractivity contribution in [3.05, 3.63) is 0 Å². The van der Waals surface area contributed by atoms with Crippen molar-refractivity contribution in [1.29, 1.82) is 0 Å². The number of hydrogen-bond donors (Lipinski definition) is 3. The van der Waals surface area contributed by atoms with Gasteiger partial charge in [-0.3, -0.25) is 9.59 Å². The molecule has 1 heterocycles. The molecule has 17 heavy (non-hydrogen) atoms. The van der Waals surface area contributed by atoms with Crippen molar-refractivity contribution in [2.75, 3.05) is 18.8 Å². The van der Waals surface area contributed by atoms with Gasteiger partial charge in [-0.15, -0.1) is 0 Å². The van der Waals surface area contributed by atoms with Crippen molar-refractivity contribution in [2.24, 2.45) is 5.73 Å². The quantitative estimate of drug-likeness (QED) is 0.488. The highest BCUT2D eigenvalue weighted by atomic mass is 32.2. The number of rotatable bonds is 4. The number of hydrogen-bond acceptors (Lipinski definition) is 4. The van der Waals surface area contributed by atoms with E-state index in [0.717, 1.165) is 18.6 Å². The molecule has 1 saturated heterocycles. The van der Waals surface area contributed by atoms with Crippen LogP contribution in [0.2, 0.25) is 0 Å². The van der Waals surface area contributed by atoms with E-state index in [9.17, 15) is 9.59 Å². The maximum atomic E-state index is 11.4. The highest BCUT2D eigenvalue weighted by molar-refractivity contribution is 8.00. The third-order valence-electron chi connectivity index (χ3n) is 2.55. The van der Waals surface area contributed by atoms with Crippen LogP contribution in [-0.4, -0.2) is 40.4 Å². The molecule has 1 fully saturated rings. The van der Waals surface area contributed by atoms with E-state index in [1.807, 2.05) is 11.8 Å². The summed E-state index contributed by atoms with van der Waals surface area (Å²) in [5, 5.41) is 4.98. The first kappa shape index (κ1) is 14.2. The smallest absolute Gasteiger partial charge is 0.309 e. The van der Waals surface area contributed by atoms with Crippen LogP contribution < -0.4 is 16.4 Å². The van der Waals surface area contributed by atoms with Gasteiger partial charge in [-0.2, -0.15) is 11.8 Å². The summed E-state index contributed by atoms with van der Waals surface area (Å²) in [4.78, 5) is 22.9. The van der Waals surface area contributed by atoms with Crippen LogP contribution >= 0.6 is 24.0 Å². The van der Waals surface area contributed by atoms with Crippen LogP contribution in [0.4, 0.5) is 0 Å². The first-order valence-corrected chi connectivity index (χ1v) is 6.81. The minimum absolute atomic E-state index is 0.0492. The van der Waals surface area contributed by atoms with E-state index in [4.69, 9.17) is 5.73 Å². The van der Waals surface area contributed by atoms with Gasteiger partial charge in [0, 0.05) is 11.3 Å². The second-order valence-electron chi connectivity index (χ2n) is 4.23. The average Bonchev–Trinajstić information content (AvgIpc) is 2.70. The maximum absolute atomic E-state index is 11.4. The molecule has 5 nitrogen and oxygen atoms in total. The van der Waals surface area contributed by atoms with Crippen LogP contribution in [0, 0.1) is 0 Å². The molecule has 1 aliphatic rings. The third-order valence-corrected chi connectivity index (χ3v) is 4.24. The predicted molar refractivity (Wildman–Crippen MR) is 72.9 cm³/mol. The van der Waals surface area contributed by atoms with Crippen molar-refractivity contribution in [3.8, 4) is 0 Å². The van der Waals surface area contributed by atoms with Crippen molar-refractivity contribution >= 4 is 40.8 Å². The fourth-order valence-corrected chi connectivity index (χ4v) is 2.89. The van der Waals surface area contributed by atoms with Gasteiger partial charge < -0.3 is 16.4 Å². The average molecular weight is 275 g/mol. The van der Waals surface area contributed by atoms with Crippen LogP contribution in [0.25, 0.3) is 0 Å². The fraction of sp³-hybridized carbons (Fsp3) is 0.700. The first-order chi connectivity index (χ1) is 7.93. The summed E-state index contributed by atoms with van der Waals surface area (Å²) in [5.74, 6) is -0.209. The predicted octanol–water partition coefficient (Wildman–Crippen LogP) is -0.209. The highest BCUT2D eigenvalue weighted by Gasteiger charge is 2.30. The Morgan fingerprint density at radius 1 is 1.41 bits per heavy atom. The number of carbonyl (C=O) groups is 2. The zero-order valence-corrected chi connectivity index (χ0v) is 11.4. The highest BCUT2D eigenvalue weighted by Crippen LogP contribution is 2.36. The summed E-state index contributed by atoms with van der Waals surface area (Å²) in [6.45, 7) is 2.66. The van der Waals surface area contributed by atoms with E-state index in [-0.39, 0.29) is 16.3 Å². The normalized spacial score (nSPS) is 23.1. The zero-order valence-electron chi connectivity index (χ0n) is 9.75. The van der Waals surface area contributed by atoms with E-state index in [1.165, 1.54) is 0 Å². The van der Waals surface area contributed by atoms with E-state index in [0.29, 0.717) is 6.54 Å². The Morgan fingerprint density at radius 2 is 2.06 bits per heavy atom. The molecular formula is C10H17N3O2S2. The molecule has 0 bridgehead atoms. The molecule has 0 radical (unpaired) electrons. The van der Waals surface area contributed by atoms with E-state index >= 15 is 0 Å². The van der Waals surface area contributed by atoms with Gasteiger partial charge >= 0.3 is 11.8 Å². The minimum atomic E-state index is -0.690. The van der Waals surface area contributed by atoms with Gasteiger partial charge in [-0.1, -0.05) is 12.2 Å². The molecule has 0 aromatic heterocycles. The van der Waals surface area contributed by atoms with E-state index in [2.05, 4.69) is 29.8 Å².